The summed E-state index contributed by atoms with van der Waals surface area (Å²) >= 11 is 0. The molecule has 1 aromatic heterocycles. The molecule has 0 unspecified atom stereocenters. The normalized spacial score (nSPS) is 10.4. The van der Waals surface area contributed by atoms with Gasteiger partial charge in [0.25, 0.3) is 5.91 Å². The number of pyridine rings is 1. The van der Waals surface area contributed by atoms with E-state index in [1.165, 1.54) is 18.2 Å². The first kappa shape index (κ1) is 19.3. The van der Waals surface area contributed by atoms with Gasteiger partial charge in [0, 0.05) is 24.9 Å². The third-order valence-electron chi connectivity index (χ3n) is 3.72. The van der Waals surface area contributed by atoms with E-state index in [4.69, 9.17) is 14.2 Å². The largest absolute Gasteiger partial charge is 0.489 e. The van der Waals surface area contributed by atoms with Crippen LogP contribution in [-0.2, 0) is 4.74 Å². The highest BCUT2D eigenvalue weighted by atomic mass is 19.1. The van der Waals surface area contributed by atoms with Gasteiger partial charge < -0.3 is 19.5 Å². The Morgan fingerprint density at radius 3 is 2.61 bits per heavy atom. The average molecular weight is 382 g/mol. The Morgan fingerprint density at radius 2 is 1.89 bits per heavy atom. The first-order valence-corrected chi connectivity index (χ1v) is 8.56. The third kappa shape index (κ3) is 5.28. The summed E-state index contributed by atoms with van der Waals surface area (Å²) in [5.74, 6) is 0.657. The van der Waals surface area contributed by atoms with E-state index in [-0.39, 0.29) is 12.3 Å². The molecule has 0 radical (unpaired) electrons. The summed E-state index contributed by atoms with van der Waals surface area (Å²) in [7, 11) is 1.55. The molecule has 0 aliphatic carbocycles. The van der Waals surface area contributed by atoms with Crippen molar-refractivity contribution in [2.45, 2.75) is 0 Å². The lowest BCUT2D eigenvalue weighted by Gasteiger charge is -2.13. The molecule has 6 nitrogen and oxygen atoms in total. The lowest BCUT2D eigenvalue weighted by Crippen LogP contribution is -2.14. The van der Waals surface area contributed by atoms with E-state index >= 15 is 0 Å². The van der Waals surface area contributed by atoms with E-state index in [9.17, 15) is 9.18 Å². The highest BCUT2D eigenvalue weighted by molar-refractivity contribution is 6.05. The summed E-state index contributed by atoms with van der Waals surface area (Å²) in [6.45, 7) is 0.661. The van der Waals surface area contributed by atoms with E-state index in [2.05, 4.69) is 10.3 Å². The van der Waals surface area contributed by atoms with Crippen LogP contribution in [0.3, 0.4) is 0 Å². The summed E-state index contributed by atoms with van der Waals surface area (Å²) in [5.41, 5.74) is 0.641. The molecule has 0 spiro atoms. The van der Waals surface area contributed by atoms with Crippen LogP contribution in [0.1, 0.15) is 10.4 Å². The van der Waals surface area contributed by atoms with Crippen LogP contribution < -0.4 is 14.8 Å². The molecule has 2 aromatic carbocycles. The van der Waals surface area contributed by atoms with Gasteiger partial charge in [-0.2, -0.15) is 0 Å². The molecule has 0 fully saturated rings. The Balaban J connectivity index is 1.68. The Morgan fingerprint density at radius 1 is 1.07 bits per heavy atom. The Labute approximate surface area is 161 Å². The number of methoxy groups -OCH3 is 1. The fourth-order valence-corrected chi connectivity index (χ4v) is 2.37. The number of hydrogen-bond acceptors (Lipinski definition) is 5. The number of anilines is 1. The molecule has 0 aliphatic rings. The number of rotatable bonds is 8. The molecule has 7 heteroatoms. The lowest BCUT2D eigenvalue weighted by molar-refractivity contribution is 0.102. The van der Waals surface area contributed by atoms with Crippen molar-refractivity contribution in [3.8, 4) is 17.2 Å². The van der Waals surface area contributed by atoms with E-state index < -0.39 is 11.7 Å². The maximum Gasteiger partial charge on any atom is 0.255 e. The van der Waals surface area contributed by atoms with Gasteiger partial charge in [0.15, 0.2) is 0 Å². The zero-order valence-corrected chi connectivity index (χ0v) is 15.2. The molecule has 0 saturated heterocycles. The molecule has 0 atom stereocenters. The standard InChI is InChI=1S/C21H19FN2O4/c1-26-11-12-27-20-9-6-16(22)13-19(20)24-21(25)15-4-7-17(8-5-15)28-18-3-2-10-23-14-18/h2-10,13-14H,11-12H2,1H3,(H,24,25). The van der Waals surface area contributed by atoms with Crippen molar-refractivity contribution in [2.24, 2.45) is 0 Å². The van der Waals surface area contributed by atoms with Gasteiger partial charge in [-0.15, -0.1) is 0 Å². The number of hydrogen-bond donors (Lipinski definition) is 1. The minimum absolute atomic E-state index is 0.247. The number of nitrogens with one attached hydrogen (secondary N) is 1. The van der Waals surface area contributed by atoms with Crippen molar-refractivity contribution in [3.63, 3.8) is 0 Å². The van der Waals surface area contributed by atoms with Crippen molar-refractivity contribution in [1.29, 1.82) is 0 Å². The molecule has 3 rings (SSSR count). The number of benzene rings is 2. The Kier molecular flexibility index (Phi) is 6.54. The summed E-state index contributed by atoms with van der Waals surface area (Å²) in [6.07, 6.45) is 3.25. The Bertz CT molecular complexity index is 917. The number of amides is 1. The van der Waals surface area contributed by atoms with Gasteiger partial charge in [0.1, 0.15) is 29.7 Å². The lowest BCUT2D eigenvalue weighted by atomic mass is 10.2. The quantitative estimate of drug-likeness (QED) is 0.589. The van der Waals surface area contributed by atoms with Crippen molar-refractivity contribution >= 4 is 11.6 Å². The van der Waals surface area contributed by atoms with Crippen LogP contribution in [0, 0.1) is 5.82 Å². The van der Waals surface area contributed by atoms with Gasteiger partial charge in [0.05, 0.1) is 18.5 Å². The Hall–Kier alpha value is -3.45. The minimum atomic E-state index is -0.477. The summed E-state index contributed by atoms with van der Waals surface area (Å²) < 4.78 is 29.7. The van der Waals surface area contributed by atoms with E-state index in [1.807, 2.05) is 0 Å². The molecule has 1 N–H and O–H groups in total. The molecule has 1 heterocycles. The minimum Gasteiger partial charge on any atom is -0.489 e. The van der Waals surface area contributed by atoms with Gasteiger partial charge in [-0.3, -0.25) is 9.78 Å². The second kappa shape index (κ2) is 9.48. The van der Waals surface area contributed by atoms with Crippen molar-refractivity contribution in [3.05, 3.63) is 78.4 Å². The van der Waals surface area contributed by atoms with Gasteiger partial charge in [-0.25, -0.2) is 4.39 Å². The van der Waals surface area contributed by atoms with E-state index in [1.54, 1.807) is 55.9 Å². The maximum absolute atomic E-state index is 13.6. The smallest absolute Gasteiger partial charge is 0.255 e. The van der Waals surface area contributed by atoms with Crippen molar-refractivity contribution in [2.75, 3.05) is 25.6 Å². The van der Waals surface area contributed by atoms with Crippen LogP contribution in [0.4, 0.5) is 10.1 Å². The summed E-state index contributed by atoms with van der Waals surface area (Å²) in [4.78, 5) is 16.5. The molecule has 144 valence electrons. The second-order valence-electron chi connectivity index (χ2n) is 5.75. The van der Waals surface area contributed by atoms with Crippen LogP contribution in [-0.4, -0.2) is 31.2 Å². The van der Waals surface area contributed by atoms with Gasteiger partial charge >= 0.3 is 0 Å². The highest BCUT2D eigenvalue weighted by Gasteiger charge is 2.12. The van der Waals surface area contributed by atoms with Gasteiger partial charge in [-0.05, 0) is 48.5 Å². The molecule has 1 amide bonds. The molecular weight excluding hydrogens is 363 g/mol. The molecule has 3 aromatic rings. The van der Waals surface area contributed by atoms with Crippen molar-refractivity contribution < 1.29 is 23.4 Å². The average Bonchev–Trinajstić information content (AvgIpc) is 2.71. The molecule has 0 saturated carbocycles. The van der Waals surface area contributed by atoms with Crippen molar-refractivity contribution in [1.82, 2.24) is 4.98 Å². The highest BCUT2D eigenvalue weighted by Crippen LogP contribution is 2.26. The summed E-state index contributed by atoms with van der Waals surface area (Å²) in [6, 6.07) is 14.1. The summed E-state index contributed by atoms with van der Waals surface area (Å²) in [5, 5.41) is 2.67. The van der Waals surface area contributed by atoms with Crippen LogP contribution in [0.5, 0.6) is 17.2 Å². The number of halogens is 1. The zero-order valence-electron chi connectivity index (χ0n) is 15.2. The van der Waals surface area contributed by atoms with Crippen LogP contribution in [0.25, 0.3) is 0 Å². The molecule has 0 aliphatic heterocycles. The SMILES string of the molecule is COCCOc1ccc(F)cc1NC(=O)c1ccc(Oc2cccnc2)cc1. The van der Waals surface area contributed by atoms with E-state index in [0.717, 1.165) is 0 Å². The topological polar surface area (TPSA) is 69.7 Å². The predicted molar refractivity (Wildman–Crippen MR) is 102 cm³/mol. The van der Waals surface area contributed by atoms with Crippen LogP contribution in [0.2, 0.25) is 0 Å². The number of nitrogens with zero attached hydrogens (tertiary/aromatic N) is 1. The molecular formula is C21H19FN2O4. The van der Waals surface area contributed by atoms with Crippen LogP contribution in [0.15, 0.2) is 67.0 Å². The molecule has 0 bridgehead atoms. The van der Waals surface area contributed by atoms with Gasteiger partial charge in [0.2, 0.25) is 0 Å². The fraction of sp³-hybridized carbons (Fsp3) is 0.143. The zero-order chi connectivity index (χ0) is 19.8. The monoisotopic (exact) mass is 382 g/mol. The number of carbonyl (C=O) groups is 1. The van der Waals surface area contributed by atoms with E-state index in [0.29, 0.717) is 29.4 Å². The second-order valence-corrected chi connectivity index (χ2v) is 5.75. The predicted octanol–water partition coefficient (Wildman–Crippen LogP) is 4.29. The fourth-order valence-electron chi connectivity index (χ4n) is 2.37. The first-order valence-electron chi connectivity index (χ1n) is 8.56. The number of ether oxygens (including phenoxy) is 3. The molecule has 28 heavy (non-hydrogen) atoms. The van der Waals surface area contributed by atoms with Crippen LogP contribution >= 0.6 is 0 Å². The third-order valence-corrected chi connectivity index (χ3v) is 3.72. The number of aromatic nitrogens is 1. The first-order chi connectivity index (χ1) is 13.7. The maximum atomic E-state index is 13.6. The van der Waals surface area contributed by atoms with Gasteiger partial charge in [-0.1, -0.05) is 0 Å². The number of carbonyl (C=O) groups excluding carboxylic acids is 1.